The van der Waals surface area contributed by atoms with Gasteiger partial charge in [0.2, 0.25) is 0 Å². The standard InChI is InChI=1S/C24H20Cl2N2O2/c1-16-15-19(11-12-21(16)26)30-14-4-13-28-23(17-7-9-18(25)10-8-17)27-22-6-3-2-5-20(22)24(28)29/h2-3,5-12,15H,4,13-14H2,1H3. The Morgan fingerprint density at radius 3 is 2.53 bits per heavy atom. The topological polar surface area (TPSA) is 44.1 Å². The summed E-state index contributed by atoms with van der Waals surface area (Å²) in [5.74, 6) is 1.39. The highest BCUT2D eigenvalue weighted by molar-refractivity contribution is 6.31. The van der Waals surface area contributed by atoms with Crippen LogP contribution in [-0.4, -0.2) is 16.2 Å². The zero-order chi connectivity index (χ0) is 21.1. The molecule has 1 aromatic heterocycles. The number of aromatic nitrogens is 2. The van der Waals surface area contributed by atoms with Gasteiger partial charge in [-0.3, -0.25) is 9.36 Å². The lowest BCUT2D eigenvalue weighted by atomic mass is 10.1. The minimum atomic E-state index is -0.0621. The van der Waals surface area contributed by atoms with Crippen molar-refractivity contribution in [2.45, 2.75) is 19.9 Å². The van der Waals surface area contributed by atoms with E-state index < -0.39 is 0 Å². The molecule has 0 radical (unpaired) electrons. The molecule has 4 nitrogen and oxygen atoms in total. The van der Waals surface area contributed by atoms with Gasteiger partial charge < -0.3 is 4.74 Å². The fourth-order valence-electron chi connectivity index (χ4n) is 3.31. The number of halogens is 2. The van der Waals surface area contributed by atoms with E-state index in [0.29, 0.717) is 46.3 Å². The normalized spacial score (nSPS) is 11.0. The number of ether oxygens (including phenoxy) is 1. The monoisotopic (exact) mass is 438 g/mol. The van der Waals surface area contributed by atoms with E-state index in [9.17, 15) is 4.79 Å². The number of hydrogen-bond acceptors (Lipinski definition) is 3. The quantitative estimate of drug-likeness (QED) is 0.339. The fraction of sp³-hybridized carbons (Fsp3) is 0.167. The van der Waals surface area contributed by atoms with Gasteiger partial charge in [0.25, 0.3) is 5.56 Å². The molecular formula is C24H20Cl2N2O2. The summed E-state index contributed by atoms with van der Waals surface area (Å²) in [6, 6.07) is 20.3. The van der Waals surface area contributed by atoms with E-state index in [1.54, 1.807) is 22.8 Å². The lowest BCUT2D eigenvalue weighted by Gasteiger charge is -2.14. The van der Waals surface area contributed by atoms with E-state index in [-0.39, 0.29) is 5.56 Å². The van der Waals surface area contributed by atoms with Crippen molar-refractivity contribution in [2.75, 3.05) is 6.61 Å². The van der Waals surface area contributed by atoms with E-state index >= 15 is 0 Å². The van der Waals surface area contributed by atoms with Crippen molar-refractivity contribution in [1.29, 1.82) is 0 Å². The number of para-hydroxylation sites is 1. The Hall–Kier alpha value is -2.82. The van der Waals surface area contributed by atoms with Crippen molar-refractivity contribution in [3.05, 3.63) is 92.7 Å². The van der Waals surface area contributed by atoms with Gasteiger partial charge >= 0.3 is 0 Å². The van der Waals surface area contributed by atoms with Crippen molar-refractivity contribution < 1.29 is 4.74 Å². The number of hydrogen-bond donors (Lipinski definition) is 0. The predicted molar refractivity (Wildman–Crippen MR) is 123 cm³/mol. The smallest absolute Gasteiger partial charge is 0.261 e. The van der Waals surface area contributed by atoms with Crippen LogP contribution in [0.1, 0.15) is 12.0 Å². The van der Waals surface area contributed by atoms with Crippen LogP contribution in [0.4, 0.5) is 0 Å². The van der Waals surface area contributed by atoms with E-state index in [1.165, 1.54) is 0 Å². The van der Waals surface area contributed by atoms with Gasteiger partial charge in [-0.2, -0.15) is 0 Å². The maximum Gasteiger partial charge on any atom is 0.261 e. The van der Waals surface area contributed by atoms with Gasteiger partial charge in [-0.1, -0.05) is 35.3 Å². The first-order valence-corrected chi connectivity index (χ1v) is 10.4. The van der Waals surface area contributed by atoms with E-state index in [2.05, 4.69) is 0 Å². The van der Waals surface area contributed by atoms with Gasteiger partial charge in [-0.25, -0.2) is 4.98 Å². The highest BCUT2D eigenvalue weighted by Gasteiger charge is 2.12. The van der Waals surface area contributed by atoms with Crippen LogP contribution >= 0.6 is 23.2 Å². The molecule has 0 atom stereocenters. The molecule has 0 fully saturated rings. The summed E-state index contributed by atoms with van der Waals surface area (Å²) >= 11 is 12.1. The molecule has 0 N–H and O–H groups in total. The Balaban J connectivity index is 1.60. The lowest BCUT2D eigenvalue weighted by molar-refractivity contribution is 0.301. The third kappa shape index (κ3) is 4.35. The van der Waals surface area contributed by atoms with Crippen molar-refractivity contribution in [1.82, 2.24) is 9.55 Å². The molecule has 1 heterocycles. The number of benzene rings is 3. The molecule has 0 aliphatic heterocycles. The second kappa shape index (κ2) is 8.90. The van der Waals surface area contributed by atoms with Crippen molar-refractivity contribution in [2.24, 2.45) is 0 Å². The maximum atomic E-state index is 13.2. The number of rotatable bonds is 6. The van der Waals surface area contributed by atoms with Crippen molar-refractivity contribution in [3.8, 4) is 17.1 Å². The molecule has 0 aliphatic rings. The largest absolute Gasteiger partial charge is 0.494 e. The van der Waals surface area contributed by atoms with Crippen LogP contribution in [0, 0.1) is 6.92 Å². The van der Waals surface area contributed by atoms with Gasteiger partial charge in [0, 0.05) is 22.2 Å². The summed E-state index contributed by atoms with van der Waals surface area (Å²) in [7, 11) is 0. The third-order valence-electron chi connectivity index (χ3n) is 4.89. The Bertz CT molecular complexity index is 1250. The molecule has 0 amide bonds. The molecule has 0 spiro atoms. The Morgan fingerprint density at radius 1 is 1.00 bits per heavy atom. The third-order valence-corrected chi connectivity index (χ3v) is 5.56. The minimum absolute atomic E-state index is 0.0621. The van der Waals surface area contributed by atoms with E-state index in [1.807, 2.05) is 55.5 Å². The van der Waals surface area contributed by atoms with Gasteiger partial charge in [-0.05, 0) is 73.5 Å². The summed E-state index contributed by atoms with van der Waals surface area (Å²) in [5.41, 5.74) is 2.43. The van der Waals surface area contributed by atoms with Crippen LogP contribution in [0.2, 0.25) is 10.0 Å². The molecule has 4 aromatic rings. The fourth-order valence-corrected chi connectivity index (χ4v) is 3.56. The first kappa shape index (κ1) is 20.5. The Kier molecular flexibility index (Phi) is 6.07. The summed E-state index contributed by atoms with van der Waals surface area (Å²) in [6.07, 6.45) is 0.655. The highest BCUT2D eigenvalue weighted by atomic mass is 35.5. The summed E-state index contributed by atoms with van der Waals surface area (Å²) in [6.45, 7) is 2.90. The molecule has 0 aliphatic carbocycles. The second-order valence-corrected chi connectivity index (χ2v) is 7.87. The zero-order valence-electron chi connectivity index (χ0n) is 16.4. The highest BCUT2D eigenvalue weighted by Crippen LogP contribution is 2.23. The van der Waals surface area contributed by atoms with E-state index in [0.717, 1.165) is 16.9 Å². The molecule has 0 saturated heterocycles. The van der Waals surface area contributed by atoms with Crippen LogP contribution in [0.25, 0.3) is 22.3 Å². The average molecular weight is 439 g/mol. The lowest BCUT2D eigenvalue weighted by Crippen LogP contribution is -2.24. The van der Waals surface area contributed by atoms with Crippen molar-refractivity contribution >= 4 is 34.1 Å². The molecule has 30 heavy (non-hydrogen) atoms. The minimum Gasteiger partial charge on any atom is -0.494 e. The molecule has 3 aromatic carbocycles. The van der Waals surface area contributed by atoms with Crippen LogP contribution in [-0.2, 0) is 6.54 Å². The Labute approximate surface area is 184 Å². The summed E-state index contributed by atoms with van der Waals surface area (Å²) in [5, 5.41) is 1.95. The predicted octanol–water partition coefficient (Wildman–Crippen LogP) is 6.15. The first-order valence-electron chi connectivity index (χ1n) is 9.67. The molecule has 4 rings (SSSR count). The molecule has 0 bridgehead atoms. The summed E-state index contributed by atoms with van der Waals surface area (Å²) in [4.78, 5) is 17.9. The van der Waals surface area contributed by atoms with Crippen molar-refractivity contribution in [3.63, 3.8) is 0 Å². The van der Waals surface area contributed by atoms with Crippen LogP contribution < -0.4 is 10.3 Å². The van der Waals surface area contributed by atoms with Gasteiger partial charge in [0.15, 0.2) is 0 Å². The molecule has 152 valence electrons. The molecular weight excluding hydrogens is 419 g/mol. The number of fused-ring (bicyclic) bond motifs is 1. The van der Waals surface area contributed by atoms with Crippen LogP contribution in [0.3, 0.4) is 0 Å². The van der Waals surface area contributed by atoms with Crippen LogP contribution in [0.5, 0.6) is 5.75 Å². The van der Waals surface area contributed by atoms with Crippen LogP contribution in [0.15, 0.2) is 71.5 Å². The molecule has 6 heteroatoms. The van der Waals surface area contributed by atoms with Gasteiger partial charge in [-0.15, -0.1) is 0 Å². The van der Waals surface area contributed by atoms with Gasteiger partial charge in [0.05, 0.1) is 17.5 Å². The van der Waals surface area contributed by atoms with Gasteiger partial charge in [0.1, 0.15) is 11.6 Å². The average Bonchev–Trinajstić information content (AvgIpc) is 2.75. The maximum absolute atomic E-state index is 13.2. The number of nitrogens with zero attached hydrogens (tertiary/aromatic N) is 2. The second-order valence-electron chi connectivity index (χ2n) is 7.03. The number of aryl methyl sites for hydroxylation is 1. The summed E-state index contributed by atoms with van der Waals surface area (Å²) < 4.78 is 7.55. The Morgan fingerprint density at radius 2 is 1.77 bits per heavy atom. The SMILES string of the molecule is Cc1cc(OCCCn2c(-c3ccc(Cl)cc3)nc3ccccc3c2=O)ccc1Cl. The molecule has 0 unspecified atom stereocenters. The molecule has 0 saturated carbocycles. The zero-order valence-corrected chi connectivity index (χ0v) is 18.0. The first-order chi connectivity index (χ1) is 14.5. The van der Waals surface area contributed by atoms with E-state index in [4.69, 9.17) is 32.9 Å².